The van der Waals surface area contributed by atoms with Crippen LogP contribution in [0.4, 0.5) is 0 Å². The van der Waals surface area contributed by atoms with Crippen LogP contribution in [-0.4, -0.2) is 57.9 Å². The van der Waals surface area contributed by atoms with Gasteiger partial charge >= 0.3 is 11.9 Å². The Bertz CT molecular complexity index is 1680. The molecule has 0 heterocycles. The predicted octanol–water partition coefficient (Wildman–Crippen LogP) is 8.22. The smallest absolute Gasteiger partial charge is 0.308 e. The molecule has 10 heteroatoms. The van der Waals surface area contributed by atoms with E-state index in [9.17, 15) is 29.4 Å². The van der Waals surface area contributed by atoms with E-state index in [0.29, 0.717) is 48.7 Å². The van der Waals surface area contributed by atoms with Gasteiger partial charge in [-0.1, -0.05) is 87.4 Å². The molecule has 4 aromatic carbocycles. The van der Waals surface area contributed by atoms with Crippen LogP contribution in [0.15, 0.2) is 109 Å². The number of ether oxygens (including phenoxy) is 2. The third kappa shape index (κ3) is 8.28. The minimum atomic E-state index is -1.56. The number of hydrogen-bond donors (Lipinski definition) is 2. The highest BCUT2D eigenvalue weighted by molar-refractivity contribution is 5.99. The number of carbonyl (C=O) groups excluding carboxylic acids is 2. The normalized spacial score (nSPS) is 19.0. The molecule has 1 fully saturated rings. The second kappa shape index (κ2) is 17.0. The molecule has 1 aliphatic carbocycles. The number of para-hydroxylation sites is 2. The van der Waals surface area contributed by atoms with Crippen molar-refractivity contribution in [2.75, 3.05) is 14.1 Å². The summed E-state index contributed by atoms with van der Waals surface area (Å²) in [5, 5.41) is 20.4. The molecule has 0 saturated heterocycles. The van der Waals surface area contributed by atoms with Crippen molar-refractivity contribution >= 4 is 23.8 Å². The molecule has 0 bridgehead atoms. The predicted molar refractivity (Wildman–Crippen MR) is 196 cm³/mol. The number of carboxylic acids is 2. The summed E-state index contributed by atoms with van der Waals surface area (Å²) < 4.78 is 11.9. The Morgan fingerprint density at radius 3 is 1.12 bits per heavy atom. The van der Waals surface area contributed by atoms with Gasteiger partial charge in [-0.25, -0.2) is 0 Å². The van der Waals surface area contributed by atoms with E-state index in [4.69, 9.17) is 9.47 Å². The Hall–Kier alpha value is -5.64. The Labute approximate surface area is 304 Å². The SMILES string of the molecule is CCC[C@H](c1ccc(Oc2ccccc2)cc1)N(C)C(=O)[C@H]1[C@@H](C(=O)O)[C@H](C(=O)O)[C@@H]1C(=O)N(C)[C@H](CCC)c1ccc(Oc2ccccc2)cc1. The van der Waals surface area contributed by atoms with Gasteiger partial charge in [0.1, 0.15) is 23.0 Å². The number of carbonyl (C=O) groups is 4. The topological polar surface area (TPSA) is 134 Å². The van der Waals surface area contributed by atoms with Crippen LogP contribution >= 0.6 is 0 Å². The van der Waals surface area contributed by atoms with Crippen molar-refractivity contribution in [1.29, 1.82) is 0 Å². The van der Waals surface area contributed by atoms with E-state index in [2.05, 4.69) is 0 Å². The van der Waals surface area contributed by atoms with Crippen LogP contribution in [0.5, 0.6) is 23.0 Å². The quantitative estimate of drug-likeness (QED) is 0.119. The first-order valence-electron chi connectivity index (χ1n) is 17.7. The fraction of sp³-hybridized carbons (Fsp3) is 0.333. The molecular formula is C42H46N2O8. The van der Waals surface area contributed by atoms with Gasteiger partial charge in [-0.3, -0.25) is 19.2 Å². The molecule has 4 aromatic rings. The van der Waals surface area contributed by atoms with Crippen molar-refractivity contribution in [3.8, 4) is 23.0 Å². The van der Waals surface area contributed by atoms with E-state index in [1.54, 1.807) is 14.1 Å². The number of nitrogens with zero attached hydrogens (tertiary/aromatic N) is 2. The summed E-state index contributed by atoms with van der Waals surface area (Å²) in [5.41, 5.74) is 1.61. The zero-order valence-electron chi connectivity index (χ0n) is 29.9. The monoisotopic (exact) mass is 706 g/mol. The van der Waals surface area contributed by atoms with Gasteiger partial charge in [0.15, 0.2) is 0 Å². The second-order valence-corrected chi connectivity index (χ2v) is 13.3. The first-order valence-corrected chi connectivity index (χ1v) is 17.7. The zero-order valence-corrected chi connectivity index (χ0v) is 29.9. The number of amides is 2. The molecule has 2 N–H and O–H groups in total. The van der Waals surface area contributed by atoms with Crippen LogP contribution in [0, 0.1) is 23.7 Å². The molecule has 1 saturated carbocycles. The van der Waals surface area contributed by atoms with Crippen LogP contribution < -0.4 is 9.47 Å². The molecule has 0 aromatic heterocycles. The molecule has 2 amide bonds. The van der Waals surface area contributed by atoms with Crippen molar-refractivity contribution in [2.45, 2.75) is 51.6 Å². The Morgan fingerprint density at radius 1 is 0.519 bits per heavy atom. The fourth-order valence-electron chi connectivity index (χ4n) is 7.23. The molecule has 10 nitrogen and oxygen atoms in total. The van der Waals surface area contributed by atoms with E-state index in [1.807, 2.05) is 123 Å². The number of benzene rings is 4. The van der Waals surface area contributed by atoms with Crippen LogP contribution in [0.1, 0.15) is 62.7 Å². The van der Waals surface area contributed by atoms with E-state index in [1.165, 1.54) is 9.80 Å². The third-order valence-electron chi connectivity index (χ3n) is 9.93. The lowest BCUT2D eigenvalue weighted by molar-refractivity contribution is -0.188. The summed E-state index contributed by atoms with van der Waals surface area (Å²) in [6.45, 7) is 3.97. The van der Waals surface area contributed by atoms with E-state index in [0.717, 1.165) is 11.1 Å². The highest BCUT2D eigenvalue weighted by atomic mass is 16.5. The largest absolute Gasteiger partial charge is 0.481 e. The minimum Gasteiger partial charge on any atom is -0.481 e. The highest BCUT2D eigenvalue weighted by Crippen LogP contribution is 2.50. The second-order valence-electron chi connectivity index (χ2n) is 13.3. The molecule has 5 rings (SSSR count). The zero-order chi connectivity index (χ0) is 37.4. The summed E-state index contributed by atoms with van der Waals surface area (Å²) >= 11 is 0. The molecule has 272 valence electrons. The lowest BCUT2D eigenvalue weighted by atomic mass is 9.55. The molecule has 6 atom stereocenters. The van der Waals surface area contributed by atoms with Crippen LogP contribution in [0.25, 0.3) is 0 Å². The van der Waals surface area contributed by atoms with Crippen molar-refractivity contribution < 1.29 is 38.9 Å². The van der Waals surface area contributed by atoms with Crippen LogP contribution in [0.3, 0.4) is 0 Å². The van der Waals surface area contributed by atoms with Crippen molar-refractivity contribution in [2.24, 2.45) is 23.7 Å². The third-order valence-corrected chi connectivity index (χ3v) is 9.93. The molecule has 0 unspecified atom stereocenters. The van der Waals surface area contributed by atoms with Crippen molar-refractivity contribution in [1.82, 2.24) is 9.80 Å². The van der Waals surface area contributed by atoms with E-state index in [-0.39, 0.29) is 0 Å². The van der Waals surface area contributed by atoms with Gasteiger partial charge in [0.05, 0.1) is 35.8 Å². The Morgan fingerprint density at radius 2 is 0.827 bits per heavy atom. The molecular weight excluding hydrogens is 660 g/mol. The number of carboxylic acid groups (broad SMARTS) is 2. The summed E-state index contributed by atoms with van der Waals surface area (Å²) in [7, 11) is 3.18. The first-order chi connectivity index (χ1) is 25.0. The van der Waals surface area contributed by atoms with Crippen molar-refractivity contribution in [3.63, 3.8) is 0 Å². The summed E-state index contributed by atoms with van der Waals surface area (Å²) in [5.74, 6) is -7.23. The molecule has 0 aliphatic heterocycles. The molecule has 52 heavy (non-hydrogen) atoms. The van der Waals surface area contributed by atoms with Gasteiger partial charge in [0.25, 0.3) is 0 Å². The Balaban J connectivity index is 1.39. The van der Waals surface area contributed by atoms with E-state index < -0.39 is 59.5 Å². The van der Waals surface area contributed by atoms with Gasteiger partial charge in [0.2, 0.25) is 11.8 Å². The van der Waals surface area contributed by atoms with E-state index >= 15 is 0 Å². The van der Waals surface area contributed by atoms with Crippen molar-refractivity contribution in [3.05, 3.63) is 120 Å². The average molecular weight is 707 g/mol. The summed E-state index contributed by atoms with van der Waals surface area (Å²) in [6.07, 6.45) is 2.56. The Kier molecular flexibility index (Phi) is 12.3. The number of rotatable bonds is 16. The van der Waals surface area contributed by atoms with Crippen LogP contribution in [-0.2, 0) is 19.2 Å². The molecule has 0 spiro atoms. The van der Waals surface area contributed by atoms with Gasteiger partial charge in [-0.15, -0.1) is 0 Å². The number of aliphatic carboxylic acids is 2. The van der Waals surface area contributed by atoms with Gasteiger partial charge < -0.3 is 29.5 Å². The maximum atomic E-state index is 14.4. The lowest BCUT2D eigenvalue weighted by Gasteiger charge is -2.49. The maximum Gasteiger partial charge on any atom is 0.308 e. The average Bonchev–Trinajstić information content (AvgIpc) is 3.13. The summed E-state index contributed by atoms with van der Waals surface area (Å²) in [6, 6.07) is 32.5. The van der Waals surface area contributed by atoms with Gasteiger partial charge in [-0.05, 0) is 72.5 Å². The standard InChI is InChI=1S/C42H46N2O8/c1-5-13-33(27-19-23-31(24-20-27)51-29-15-9-7-10-16-29)43(3)39(45)35-36(38(42(49)50)37(35)41(47)48)40(46)44(4)34(14-6-2)28-21-25-32(26-22-28)52-30-17-11-8-12-18-30/h7-12,15-26,33-38H,5-6,13-14H2,1-4H3,(H,47,48)(H,49,50)/t33-,34-,35-,36-,37-,38-/m1/s1. The lowest BCUT2D eigenvalue weighted by Crippen LogP contribution is -2.64. The van der Waals surface area contributed by atoms with Gasteiger partial charge in [-0.2, -0.15) is 0 Å². The van der Waals surface area contributed by atoms with Gasteiger partial charge in [0, 0.05) is 14.1 Å². The molecule has 0 radical (unpaired) electrons. The highest BCUT2D eigenvalue weighted by Gasteiger charge is 2.65. The fourth-order valence-corrected chi connectivity index (χ4v) is 7.23. The maximum absolute atomic E-state index is 14.4. The number of hydrogen-bond acceptors (Lipinski definition) is 6. The minimum absolute atomic E-state index is 0.445. The first kappa shape index (κ1) is 37.6. The summed E-state index contributed by atoms with van der Waals surface area (Å²) in [4.78, 5) is 56.8. The molecule has 1 aliphatic rings. The van der Waals surface area contributed by atoms with Crippen LogP contribution in [0.2, 0.25) is 0 Å².